The van der Waals surface area contributed by atoms with Crippen LogP contribution in [0.15, 0.2) is 35.8 Å². The fourth-order valence-electron chi connectivity index (χ4n) is 2.04. The molecule has 2 aromatic rings. The molecule has 0 bridgehead atoms. The van der Waals surface area contributed by atoms with Gasteiger partial charge in [0, 0.05) is 23.7 Å². The molecule has 0 fully saturated rings. The molecule has 23 heavy (non-hydrogen) atoms. The number of aromatic nitrogens is 1. The number of aliphatic hydroxyl groups is 1. The normalized spacial score (nSPS) is 12.9. The zero-order chi connectivity index (χ0) is 16.9. The van der Waals surface area contributed by atoms with Crippen molar-refractivity contribution in [3.63, 3.8) is 0 Å². The van der Waals surface area contributed by atoms with Gasteiger partial charge in [-0.1, -0.05) is 12.1 Å². The van der Waals surface area contributed by atoms with Crippen LogP contribution in [0.25, 0.3) is 0 Å². The van der Waals surface area contributed by atoms with E-state index in [-0.39, 0.29) is 17.9 Å². The molecule has 0 aliphatic heterocycles. The first-order chi connectivity index (χ1) is 10.9. The van der Waals surface area contributed by atoms with E-state index in [9.17, 15) is 9.90 Å². The molecule has 0 amide bonds. The fourth-order valence-corrected chi connectivity index (χ4v) is 2.78. The van der Waals surface area contributed by atoms with Crippen LogP contribution in [0.2, 0.25) is 0 Å². The standard InChI is InChI=1S/C17H22N2O3S/c1-12(20)13-5-4-6-15(9-13)22-11-14(21)10-19-17(2,3)16-18-7-8-23-16/h4-9,14,19,21H,10-11H2,1-3H3. The van der Waals surface area contributed by atoms with E-state index in [0.717, 1.165) is 5.01 Å². The second-order valence-electron chi connectivity index (χ2n) is 5.89. The first-order valence-electron chi connectivity index (χ1n) is 7.45. The van der Waals surface area contributed by atoms with Crippen LogP contribution in [0.5, 0.6) is 5.75 Å². The minimum atomic E-state index is -0.657. The van der Waals surface area contributed by atoms with Crippen LogP contribution in [0.3, 0.4) is 0 Å². The van der Waals surface area contributed by atoms with Crippen LogP contribution in [0.4, 0.5) is 0 Å². The molecule has 2 N–H and O–H groups in total. The molecule has 0 aliphatic rings. The van der Waals surface area contributed by atoms with Crippen LogP contribution >= 0.6 is 11.3 Å². The molecule has 1 atom stereocenters. The van der Waals surface area contributed by atoms with Crippen molar-refractivity contribution in [2.45, 2.75) is 32.4 Å². The average molecular weight is 334 g/mol. The maximum atomic E-state index is 11.3. The summed E-state index contributed by atoms with van der Waals surface area (Å²) in [5.41, 5.74) is 0.295. The molecule has 124 valence electrons. The van der Waals surface area contributed by atoms with E-state index in [1.165, 1.54) is 6.92 Å². The van der Waals surface area contributed by atoms with Crippen LogP contribution in [0.1, 0.15) is 36.1 Å². The van der Waals surface area contributed by atoms with Gasteiger partial charge in [0.05, 0.1) is 5.54 Å². The quantitative estimate of drug-likeness (QED) is 0.726. The van der Waals surface area contributed by atoms with Crippen molar-refractivity contribution in [3.05, 3.63) is 46.4 Å². The highest BCUT2D eigenvalue weighted by atomic mass is 32.1. The summed E-state index contributed by atoms with van der Waals surface area (Å²) in [6.45, 7) is 6.10. The summed E-state index contributed by atoms with van der Waals surface area (Å²) in [5.74, 6) is 0.568. The van der Waals surface area contributed by atoms with Crippen molar-refractivity contribution < 1.29 is 14.6 Å². The molecule has 1 unspecified atom stereocenters. The zero-order valence-corrected chi connectivity index (χ0v) is 14.4. The maximum absolute atomic E-state index is 11.3. The Hall–Kier alpha value is -1.76. The minimum absolute atomic E-state index is 0.0112. The molecule has 5 nitrogen and oxygen atoms in total. The lowest BCUT2D eigenvalue weighted by Gasteiger charge is -2.25. The highest BCUT2D eigenvalue weighted by molar-refractivity contribution is 7.09. The molecule has 6 heteroatoms. The molecule has 0 aliphatic carbocycles. The molecule has 0 saturated heterocycles. The van der Waals surface area contributed by atoms with E-state index >= 15 is 0 Å². The van der Waals surface area contributed by atoms with E-state index in [2.05, 4.69) is 10.3 Å². The van der Waals surface area contributed by atoms with Crippen LogP contribution < -0.4 is 10.1 Å². The Labute approximate surface area is 140 Å². The summed E-state index contributed by atoms with van der Waals surface area (Å²) < 4.78 is 5.56. The highest BCUT2D eigenvalue weighted by Crippen LogP contribution is 2.21. The van der Waals surface area contributed by atoms with Gasteiger partial charge in [-0.3, -0.25) is 4.79 Å². The number of hydrogen-bond donors (Lipinski definition) is 2. The number of ether oxygens (including phenoxy) is 1. The Morgan fingerprint density at radius 2 is 2.26 bits per heavy atom. The first-order valence-corrected chi connectivity index (χ1v) is 8.33. The van der Waals surface area contributed by atoms with Gasteiger partial charge < -0.3 is 15.2 Å². The summed E-state index contributed by atoms with van der Waals surface area (Å²) in [7, 11) is 0. The number of aliphatic hydroxyl groups excluding tert-OH is 1. The number of carbonyl (C=O) groups is 1. The molecular weight excluding hydrogens is 312 g/mol. The zero-order valence-electron chi connectivity index (χ0n) is 13.6. The summed E-state index contributed by atoms with van der Waals surface area (Å²) in [6, 6.07) is 6.96. The third-order valence-corrected chi connectivity index (χ3v) is 4.53. The summed E-state index contributed by atoms with van der Waals surface area (Å²) in [6.07, 6.45) is 1.11. The Balaban J connectivity index is 1.82. The van der Waals surface area contributed by atoms with Gasteiger partial charge >= 0.3 is 0 Å². The third-order valence-electron chi connectivity index (χ3n) is 3.43. The number of rotatable bonds is 8. The predicted molar refractivity (Wildman–Crippen MR) is 91.1 cm³/mol. The van der Waals surface area contributed by atoms with Gasteiger partial charge in [0.15, 0.2) is 5.78 Å². The van der Waals surface area contributed by atoms with Crippen molar-refractivity contribution in [1.82, 2.24) is 10.3 Å². The van der Waals surface area contributed by atoms with Crippen molar-refractivity contribution in [3.8, 4) is 5.75 Å². The monoisotopic (exact) mass is 334 g/mol. The summed E-state index contributed by atoms with van der Waals surface area (Å²) in [4.78, 5) is 15.6. The van der Waals surface area contributed by atoms with Crippen molar-refractivity contribution in [1.29, 1.82) is 0 Å². The number of Topliss-reactive ketones (excluding diaryl/α,β-unsaturated/α-hetero) is 1. The number of benzene rings is 1. The highest BCUT2D eigenvalue weighted by Gasteiger charge is 2.23. The van der Waals surface area contributed by atoms with Crippen LogP contribution in [-0.4, -0.2) is 35.1 Å². The van der Waals surface area contributed by atoms with Gasteiger partial charge in [0.25, 0.3) is 0 Å². The van der Waals surface area contributed by atoms with Crippen molar-refractivity contribution in [2.75, 3.05) is 13.2 Å². The van der Waals surface area contributed by atoms with Gasteiger partial charge in [0.2, 0.25) is 0 Å². The Bertz CT molecular complexity index is 641. The molecular formula is C17H22N2O3S. The van der Waals surface area contributed by atoms with Gasteiger partial charge in [-0.15, -0.1) is 11.3 Å². The van der Waals surface area contributed by atoms with Crippen molar-refractivity contribution in [2.24, 2.45) is 0 Å². The lowest BCUT2D eigenvalue weighted by atomic mass is 10.1. The molecule has 0 radical (unpaired) electrons. The van der Waals surface area contributed by atoms with E-state index in [1.807, 2.05) is 19.2 Å². The topological polar surface area (TPSA) is 71.5 Å². The van der Waals surface area contributed by atoms with Gasteiger partial charge in [-0.25, -0.2) is 4.98 Å². The lowest BCUT2D eigenvalue weighted by Crippen LogP contribution is -2.42. The van der Waals surface area contributed by atoms with Gasteiger partial charge in [-0.05, 0) is 32.9 Å². The summed E-state index contributed by atoms with van der Waals surface area (Å²) >= 11 is 1.58. The van der Waals surface area contributed by atoms with Gasteiger partial charge in [0.1, 0.15) is 23.5 Å². The fraction of sp³-hybridized carbons (Fsp3) is 0.412. The largest absolute Gasteiger partial charge is 0.491 e. The van der Waals surface area contributed by atoms with E-state index in [4.69, 9.17) is 4.74 Å². The second kappa shape index (κ2) is 7.68. The average Bonchev–Trinajstić information content (AvgIpc) is 3.06. The number of thiazole rings is 1. The number of hydrogen-bond acceptors (Lipinski definition) is 6. The van der Waals surface area contributed by atoms with Crippen molar-refractivity contribution >= 4 is 17.1 Å². The van der Waals surface area contributed by atoms with Crippen LogP contribution in [-0.2, 0) is 5.54 Å². The number of nitrogens with one attached hydrogen (secondary N) is 1. The molecule has 0 saturated carbocycles. The Kier molecular flexibility index (Phi) is 5.87. The Morgan fingerprint density at radius 1 is 1.48 bits per heavy atom. The summed E-state index contributed by atoms with van der Waals surface area (Å²) in [5, 5.41) is 16.3. The first kappa shape index (κ1) is 17.6. The van der Waals surface area contributed by atoms with Crippen LogP contribution in [0, 0.1) is 0 Å². The molecule has 2 rings (SSSR count). The smallest absolute Gasteiger partial charge is 0.159 e. The molecule has 0 spiro atoms. The predicted octanol–water partition coefficient (Wildman–Crippen LogP) is 2.61. The second-order valence-corrected chi connectivity index (χ2v) is 6.79. The van der Waals surface area contributed by atoms with Gasteiger partial charge in [-0.2, -0.15) is 0 Å². The Morgan fingerprint density at radius 3 is 2.91 bits per heavy atom. The maximum Gasteiger partial charge on any atom is 0.159 e. The number of nitrogens with zero attached hydrogens (tertiary/aromatic N) is 1. The minimum Gasteiger partial charge on any atom is -0.491 e. The molecule has 1 aromatic carbocycles. The lowest BCUT2D eigenvalue weighted by molar-refractivity contribution is 0.0981. The molecule has 1 aromatic heterocycles. The van der Waals surface area contributed by atoms with E-state index in [0.29, 0.717) is 17.9 Å². The SMILES string of the molecule is CC(=O)c1cccc(OCC(O)CNC(C)(C)c2nccs2)c1. The van der Waals surface area contributed by atoms with E-state index < -0.39 is 6.10 Å². The third kappa shape index (κ3) is 5.13. The van der Waals surface area contributed by atoms with E-state index in [1.54, 1.807) is 41.8 Å². The number of ketones is 1. The molecule has 1 heterocycles. The number of carbonyl (C=O) groups excluding carboxylic acids is 1.